The van der Waals surface area contributed by atoms with Gasteiger partial charge >= 0.3 is 11.9 Å². The molecule has 0 amide bonds. The van der Waals surface area contributed by atoms with Crippen LogP contribution in [0.4, 0.5) is 0 Å². The number of carboxylic acid groups (broad SMARTS) is 2. The lowest BCUT2D eigenvalue weighted by Gasteiger charge is -2.33. The highest BCUT2D eigenvalue weighted by molar-refractivity contribution is 6.16. The van der Waals surface area contributed by atoms with Crippen LogP contribution in [0.1, 0.15) is 25.7 Å². The van der Waals surface area contributed by atoms with E-state index in [1.807, 2.05) is 36.4 Å². The van der Waals surface area contributed by atoms with Gasteiger partial charge in [0.25, 0.3) is 0 Å². The van der Waals surface area contributed by atoms with E-state index in [2.05, 4.69) is 0 Å². The van der Waals surface area contributed by atoms with Crippen LogP contribution < -0.4 is 0 Å². The van der Waals surface area contributed by atoms with Crippen molar-refractivity contribution in [2.75, 3.05) is 0 Å². The molecule has 1 aliphatic rings. The largest absolute Gasteiger partial charge is 0.480 e. The van der Waals surface area contributed by atoms with Gasteiger partial charge in [-0.15, -0.1) is 0 Å². The Morgan fingerprint density at radius 2 is 1.52 bits per heavy atom. The van der Waals surface area contributed by atoms with Crippen LogP contribution in [-0.4, -0.2) is 32.5 Å². The number of carbonyl (C=O) groups excluding carboxylic acids is 1. The maximum atomic E-state index is 13.0. The number of rotatable bonds is 6. The number of ketones is 1. The summed E-state index contributed by atoms with van der Waals surface area (Å²) < 4.78 is 1.77. The second-order valence-corrected chi connectivity index (χ2v) is 6.34. The highest BCUT2D eigenvalue weighted by Crippen LogP contribution is 2.42. The van der Waals surface area contributed by atoms with Crippen LogP contribution in [0.15, 0.2) is 48.7 Å². The summed E-state index contributed by atoms with van der Waals surface area (Å²) in [4.78, 5) is 35.8. The van der Waals surface area contributed by atoms with E-state index in [1.54, 1.807) is 16.8 Å². The van der Waals surface area contributed by atoms with E-state index in [-0.39, 0.29) is 0 Å². The lowest BCUT2D eigenvalue weighted by molar-refractivity contribution is -0.160. The van der Waals surface area contributed by atoms with Gasteiger partial charge in [0.1, 0.15) is 5.54 Å². The molecule has 0 unspecified atom stereocenters. The summed E-state index contributed by atoms with van der Waals surface area (Å²) >= 11 is 0. The van der Waals surface area contributed by atoms with Crippen molar-refractivity contribution < 1.29 is 24.6 Å². The zero-order valence-corrected chi connectivity index (χ0v) is 13.6. The first-order valence-electron chi connectivity index (χ1n) is 8.20. The van der Waals surface area contributed by atoms with Gasteiger partial charge in [0.2, 0.25) is 5.92 Å². The number of aromatic nitrogens is 1. The fraction of sp³-hybridized carbons (Fsp3) is 0.316. The molecule has 1 aliphatic carbocycles. The van der Waals surface area contributed by atoms with Gasteiger partial charge in [0.05, 0.1) is 0 Å². The lowest BCUT2D eigenvalue weighted by atomic mass is 9.83. The van der Waals surface area contributed by atoms with Gasteiger partial charge in [-0.2, -0.15) is 0 Å². The Bertz CT molecular complexity index is 788. The molecule has 1 fully saturated rings. The topological polar surface area (TPSA) is 96.6 Å². The van der Waals surface area contributed by atoms with E-state index in [1.165, 1.54) is 0 Å². The molecule has 25 heavy (non-hydrogen) atoms. The van der Waals surface area contributed by atoms with Crippen molar-refractivity contribution in [1.29, 1.82) is 0 Å². The molecule has 6 heteroatoms. The van der Waals surface area contributed by atoms with Crippen molar-refractivity contribution in [1.82, 2.24) is 4.57 Å². The molecule has 6 nitrogen and oxygen atoms in total. The summed E-state index contributed by atoms with van der Waals surface area (Å²) in [6.07, 6.45) is 4.13. The third-order valence-electron chi connectivity index (χ3n) is 4.92. The molecule has 3 rings (SSSR count). The average molecular weight is 341 g/mol. The maximum Gasteiger partial charge on any atom is 0.325 e. The maximum absolute atomic E-state index is 13.0. The van der Waals surface area contributed by atoms with Gasteiger partial charge in [-0.1, -0.05) is 43.2 Å². The Labute approximate surface area is 144 Å². The monoisotopic (exact) mass is 341 g/mol. The van der Waals surface area contributed by atoms with Crippen LogP contribution in [0.2, 0.25) is 0 Å². The molecule has 130 valence electrons. The molecule has 2 N–H and O–H groups in total. The van der Waals surface area contributed by atoms with Crippen molar-refractivity contribution in [2.45, 2.75) is 31.2 Å². The molecular weight excluding hydrogens is 322 g/mol. The molecule has 0 atom stereocenters. The third-order valence-corrected chi connectivity index (χ3v) is 4.92. The van der Waals surface area contributed by atoms with Gasteiger partial charge < -0.3 is 14.8 Å². The van der Waals surface area contributed by atoms with E-state index in [0.717, 1.165) is 24.1 Å². The second kappa shape index (κ2) is 6.55. The van der Waals surface area contributed by atoms with Crippen molar-refractivity contribution in [3.05, 3.63) is 48.7 Å². The number of aliphatic carboxylic acids is 2. The first-order chi connectivity index (χ1) is 12.0. The molecule has 1 aromatic heterocycles. The van der Waals surface area contributed by atoms with Crippen molar-refractivity contribution in [3.8, 4) is 11.3 Å². The van der Waals surface area contributed by atoms with E-state index < -0.39 is 29.2 Å². The first-order valence-corrected chi connectivity index (χ1v) is 8.20. The van der Waals surface area contributed by atoms with E-state index in [4.69, 9.17) is 0 Å². The second-order valence-electron chi connectivity index (χ2n) is 6.34. The minimum Gasteiger partial charge on any atom is -0.480 e. The number of Topliss-reactive ketones (excluding diaryl/α,β-unsaturated/α-hetero) is 1. The number of benzene rings is 1. The summed E-state index contributed by atoms with van der Waals surface area (Å²) in [6.45, 7) is 0. The quantitative estimate of drug-likeness (QED) is 0.788. The molecule has 1 heterocycles. The van der Waals surface area contributed by atoms with Crippen LogP contribution in [0.25, 0.3) is 11.3 Å². The minimum absolute atomic E-state index is 0.442. The Kier molecular flexibility index (Phi) is 4.44. The van der Waals surface area contributed by atoms with Crippen LogP contribution >= 0.6 is 0 Å². The molecule has 0 radical (unpaired) electrons. The average Bonchev–Trinajstić information content (AvgIpc) is 3.25. The Hall–Kier alpha value is -2.89. The molecule has 0 bridgehead atoms. The zero-order valence-electron chi connectivity index (χ0n) is 13.6. The normalized spacial score (nSPS) is 16.0. The number of hydrogen-bond donors (Lipinski definition) is 2. The molecule has 1 aromatic carbocycles. The molecule has 1 saturated carbocycles. The van der Waals surface area contributed by atoms with Gasteiger partial charge in [-0.05, 0) is 30.5 Å². The summed E-state index contributed by atoms with van der Waals surface area (Å²) in [5.74, 6) is -6.03. The molecule has 0 saturated heterocycles. The van der Waals surface area contributed by atoms with E-state index in [0.29, 0.717) is 12.8 Å². The summed E-state index contributed by atoms with van der Waals surface area (Å²) in [5.41, 5.74) is 0.551. The Balaban J connectivity index is 2.12. The molecular formula is C19H19NO5. The predicted octanol–water partition coefficient (Wildman–Crippen LogP) is 2.78. The fourth-order valence-corrected chi connectivity index (χ4v) is 3.76. The van der Waals surface area contributed by atoms with Gasteiger partial charge in [-0.25, -0.2) is 0 Å². The smallest absolute Gasteiger partial charge is 0.325 e. The molecule has 0 spiro atoms. The van der Waals surface area contributed by atoms with Crippen molar-refractivity contribution in [3.63, 3.8) is 0 Å². The summed E-state index contributed by atoms with van der Waals surface area (Å²) in [5, 5.41) is 18.5. The molecule has 0 aliphatic heterocycles. The number of carbonyl (C=O) groups is 3. The minimum atomic E-state index is -2.05. The Morgan fingerprint density at radius 3 is 2.08 bits per heavy atom. The third kappa shape index (κ3) is 2.84. The predicted molar refractivity (Wildman–Crippen MR) is 90.1 cm³/mol. The fourth-order valence-electron chi connectivity index (χ4n) is 3.76. The van der Waals surface area contributed by atoms with Crippen molar-refractivity contribution >= 4 is 17.7 Å². The lowest BCUT2D eigenvalue weighted by Crippen LogP contribution is -2.48. The molecule has 2 aromatic rings. The van der Waals surface area contributed by atoms with E-state index >= 15 is 0 Å². The van der Waals surface area contributed by atoms with E-state index in [9.17, 15) is 24.6 Å². The van der Waals surface area contributed by atoms with Gasteiger partial charge in [-0.3, -0.25) is 14.4 Å². The highest BCUT2D eigenvalue weighted by atomic mass is 16.4. The number of hydrogen-bond acceptors (Lipinski definition) is 3. The number of nitrogens with zero attached hydrogens (tertiary/aromatic N) is 1. The van der Waals surface area contributed by atoms with Gasteiger partial charge in [0, 0.05) is 11.9 Å². The first kappa shape index (κ1) is 17.0. The SMILES string of the molecule is O=C(O)C(C(=O)O)C(=O)C1(n2cccc2-c2ccccc2)CCCC1. The van der Waals surface area contributed by atoms with Crippen LogP contribution in [0, 0.1) is 5.92 Å². The standard InChI is InChI=1S/C19H19NO5/c21-16(15(17(22)23)18(24)25)19(10-4-5-11-19)20-12-6-9-14(20)13-7-2-1-3-8-13/h1-3,6-9,12,15H,4-5,10-11H2,(H,22,23)(H,24,25). The highest BCUT2D eigenvalue weighted by Gasteiger charge is 2.50. The van der Waals surface area contributed by atoms with Crippen molar-refractivity contribution in [2.24, 2.45) is 5.92 Å². The van der Waals surface area contributed by atoms with Crippen LogP contribution in [0.5, 0.6) is 0 Å². The van der Waals surface area contributed by atoms with Crippen LogP contribution in [-0.2, 0) is 19.9 Å². The number of carboxylic acids is 2. The Morgan fingerprint density at radius 1 is 0.920 bits per heavy atom. The zero-order chi connectivity index (χ0) is 18.0. The van der Waals surface area contributed by atoms with Gasteiger partial charge in [0.15, 0.2) is 5.78 Å². The summed E-state index contributed by atoms with van der Waals surface area (Å²) in [7, 11) is 0. The van der Waals surface area contributed by atoms with Crippen LogP contribution in [0.3, 0.4) is 0 Å². The summed E-state index contributed by atoms with van der Waals surface area (Å²) in [6, 6.07) is 13.1.